The lowest BCUT2D eigenvalue weighted by molar-refractivity contribution is -0.133. The first-order chi connectivity index (χ1) is 10.5. The maximum absolute atomic E-state index is 13.2. The lowest BCUT2D eigenvalue weighted by Crippen LogP contribution is -2.44. The number of rotatable bonds is 5. The Bertz CT molecular complexity index is 541. The van der Waals surface area contributed by atoms with E-state index >= 15 is 0 Å². The smallest absolute Gasteiger partial charge is 0.223 e. The van der Waals surface area contributed by atoms with Crippen molar-refractivity contribution in [2.45, 2.75) is 32.2 Å². The largest absolute Gasteiger partial charge is 0.343 e. The zero-order valence-corrected chi connectivity index (χ0v) is 13.1. The summed E-state index contributed by atoms with van der Waals surface area (Å²) in [5.41, 5.74) is 0.324. The molecule has 1 aliphatic heterocycles. The third-order valence-electron chi connectivity index (χ3n) is 4.29. The van der Waals surface area contributed by atoms with Gasteiger partial charge in [0.05, 0.1) is 0 Å². The van der Waals surface area contributed by atoms with Gasteiger partial charge in [-0.25, -0.2) is 4.39 Å². The van der Waals surface area contributed by atoms with Crippen LogP contribution in [-0.2, 0) is 4.79 Å². The molecule has 1 unspecified atom stereocenters. The summed E-state index contributed by atoms with van der Waals surface area (Å²) in [7, 11) is 1.80. The van der Waals surface area contributed by atoms with Gasteiger partial charge in [0.15, 0.2) is 5.78 Å². The van der Waals surface area contributed by atoms with E-state index < -0.39 is 11.7 Å². The van der Waals surface area contributed by atoms with Crippen LogP contribution in [0.2, 0.25) is 0 Å². The molecular formula is C17H23FN2O2. The molecule has 0 spiro atoms. The fourth-order valence-corrected chi connectivity index (χ4v) is 2.82. The van der Waals surface area contributed by atoms with Crippen LogP contribution in [0.3, 0.4) is 0 Å². The first-order valence-electron chi connectivity index (χ1n) is 7.75. The zero-order valence-electron chi connectivity index (χ0n) is 13.1. The Hall–Kier alpha value is -1.75. The Labute approximate surface area is 130 Å². The number of benzene rings is 1. The minimum absolute atomic E-state index is 0.0239. The fraction of sp³-hybridized carbons (Fsp3) is 0.529. The van der Waals surface area contributed by atoms with Gasteiger partial charge in [0.2, 0.25) is 5.91 Å². The van der Waals surface area contributed by atoms with E-state index in [9.17, 15) is 14.0 Å². The number of amides is 1. The van der Waals surface area contributed by atoms with E-state index in [-0.39, 0.29) is 24.2 Å². The average Bonchev–Trinajstić information content (AvgIpc) is 2.54. The normalized spacial score (nSPS) is 17.0. The Kier molecular flexibility index (Phi) is 5.66. The molecule has 120 valence electrons. The third kappa shape index (κ3) is 4.13. The minimum Gasteiger partial charge on any atom is -0.343 e. The van der Waals surface area contributed by atoms with Crippen molar-refractivity contribution in [3.8, 4) is 0 Å². The number of ketones is 1. The molecule has 1 amide bonds. The lowest BCUT2D eigenvalue weighted by atomic mass is 9.95. The number of halogens is 1. The summed E-state index contributed by atoms with van der Waals surface area (Å²) in [6.45, 7) is 3.56. The van der Waals surface area contributed by atoms with Gasteiger partial charge in [-0.3, -0.25) is 9.59 Å². The second kappa shape index (κ2) is 7.49. The second-order valence-electron chi connectivity index (χ2n) is 5.97. The highest BCUT2D eigenvalue weighted by atomic mass is 19.1. The van der Waals surface area contributed by atoms with E-state index in [4.69, 9.17) is 0 Å². The van der Waals surface area contributed by atoms with Crippen LogP contribution in [0, 0.1) is 11.7 Å². The molecular weight excluding hydrogens is 283 g/mol. The standard InChI is InChI=1S/C17H23FN2O2/c1-12(17(22)13-4-3-5-14(18)11-13)10-16(21)20(2)15-6-8-19-9-7-15/h3-5,11-12,15,19H,6-10H2,1-2H3. The topological polar surface area (TPSA) is 49.4 Å². The summed E-state index contributed by atoms with van der Waals surface area (Å²) in [5.74, 6) is -1.09. The molecule has 1 saturated heterocycles. The van der Waals surface area contributed by atoms with Crippen molar-refractivity contribution >= 4 is 11.7 Å². The fourth-order valence-electron chi connectivity index (χ4n) is 2.82. The predicted molar refractivity (Wildman–Crippen MR) is 83.2 cm³/mol. The van der Waals surface area contributed by atoms with Gasteiger partial charge in [0.1, 0.15) is 5.82 Å². The molecule has 1 fully saturated rings. The monoisotopic (exact) mass is 306 g/mol. The van der Waals surface area contributed by atoms with Gasteiger partial charge in [0, 0.05) is 31.0 Å². The van der Waals surface area contributed by atoms with Gasteiger partial charge in [-0.05, 0) is 38.1 Å². The zero-order chi connectivity index (χ0) is 16.1. The number of piperidine rings is 1. The number of carbonyl (C=O) groups is 2. The summed E-state index contributed by atoms with van der Waals surface area (Å²) in [5, 5.41) is 3.27. The molecule has 22 heavy (non-hydrogen) atoms. The molecule has 1 N–H and O–H groups in total. The van der Waals surface area contributed by atoms with Crippen molar-refractivity contribution in [1.82, 2.24) is 10.2 Å². The molecule has 0 aromatic heterocycles. The van der Waals surface area contributed by atoms with Crippen LogP contribution in [-0.4, -0.2) is 42.8 Å². The van der Waals surface area contributed by atoms with Crippen LogP contribution >= 0.6 is 0 Å². The van der Waals surface area contributed by atoms with Crippen LogP contribution in [0.15, 0.2) is 24.3 Å². The first-order valence-corrected chi connectivity index (χ1v) is 7.75. The summed E-state index contributed by atoms with van der Waals surface area (Å²) >= 11 is 0. The molecule has 1 atom stereocenters. The number of carbonyl (C=O) groups excluding carboxylic acids is 2. The molecule has 1 aliphatic rings. The van der Waals surface area contributed by atoms with Gasteiger partial charge in [-0.15, -0.1) is 0 Å². The number of Topliss-reactive ketones (excluding diaryl/α,β-unsaturated/α-hetero) is 1. The predicted octanol–water partition coefficient (Wildman–Crippen LogP) is 2.25. The highest BCUT2D eigenvalue weighted by Gasteiger charge is 2.25. The maximum Gasteiger partial charge on any atom is 0.223 e. The van der Waals surface area contributed by atoms with E-state index in [0.717, 1.165) is 25.9 Å². The number of hydrogen-bond acceptors (Lipinski definition) is 3. The molecule has 0 aliphatic carbocycles. The van der Waals surface area contributed by atoms with E-state index in [1.54, 1.807) is 24.9 Å². The quantitative estimate of drug-likeness (QED) is 0.849. The third-order valence-corrected chi connectivity index (χ3v) is 4.29. The van der Waals surface area contributed by atoms with Crippen molar-refractivity contribution in [2.75, 3.05) is 20.1 Å². The van der Waals surface area contributed by atoms with E-state index in [0.29, 0.717) is 5.56 Å². The molecule has 2 rings (SSSR count). The molecule has 1 aromatic carbocycles. The maximum atomic E-state index is 13.2. The van der Waals surface area contributed by atoms with Gasteiger partial charge in [-0.1, -0.05) is 19.1 Å². The number of nitrogens with zero attached hydrogens (tertiary/aromatic N) is 1. The van der Waals surface area contributed by atoms with Crippen LogP contribution in [0.4, 0.5) is 4.39 Å². The van der Waals surface area contributed by atoms with Gasteiger partial charge < -0.3 is 10.2 Å². The second-order valence-corrected chi connectivity index (χ2v) is 5.97. The van der Waals surface area contributed by atoms with Crippen LogP contribution in [0.25, 0.3) is 0 Å². The van der Waals surface area contributed by atoms with E-state index in [2.05, 4.69) is 5.32 Å². The summed E-state index contributed by atoms with van der Waals surface area (Å²) in [4.78, 5) is 26.4. The van der Waals surface area contributed by atoms with Crippen molar-refractivity contribution < 1.29 is 14.0 Å². The highest BCUT2D eigenvalue weighted by molar-refractivity contribution is 5.99. The molecule has 5 heteroatoms. The van der Waals surface area contributed by atoms with Gasteiger partial charge in [-0.2, -0.15) is 0 Å². The lowest BCUT2D eigenvalue weighted by Gasteiger charge is -2.32. The average molecular weight is 306 g/mol. The molecule has 0 saturated carbocycles. The van der Waals surface area contributed by atoms with Crippen molar-refractivity contribution in [3.63, 3.8) is 0 Å². The molecule has 0 radical (unpaired) electrons. The molecule has 4 nitrogen and oxygen atoms in total. The Morgan fingerprint density at radius 1 is 1.36 bits per heavy atom. The Morgan fingerprint density at radius 2 is 2.05 bits per heavy atom. The number of nitrogens with one attached hydrogen (secondary N) is 1. The Morgan fingerprint density at radius 3 is 2.68 bits per heavy atom. The van der Waals surface area contributed by atoms with Gasteiger partial charge in [0.25, 0.3) is 0 Å². The first kappa shape index (κ1) is 16.6. The molecule has 1 heterocycles. The molecule has 0 bridgehead atoms. The Balaban J connectivity index is 1.94. The number of hydrogen-bond donors (Lipinski definition) is 1. The van der Waals surface area contributed by atoms with E-state index in [1.165, 1.54) is 18.2 Å². The van der Waals surface area contributed by atoms with Crippen molar-refractivity contribution in [3.05, 3.63) is 35.6 Å². The van der Waals surface area contributed by atoms with Crippen LogP contribution < -0.4 is 5.32 Å². The summed E-state index contributed by atoms with van der Waals surface area (Å²) < 4.78 is 13.2. The highest BCUT2D eigenvalue weighted by Crippen LogP contribution is 2.17. The van der Waals surface area contributed by atoms with Crippen LogP contribution in [0.1, 0.15) is 36.5 Å². The van der Waals surface area contributed by atoms with E-state index in [1.807, 2.05) is 0 Å². The summed E-state index contributed by atoms with van der Waals surface area (Å²) in [6, 6.07) is 5.86. The van der Waals surface area contributed by atoms with Crippen molar-refractivity contribution in [2.24, 2.45) is 5.92 Å². The molecule has 1 aromatic rings. The van der Waals surface area contributed by atoms with Crippen LogP contribution in [0.5, 0.6) is 0 Å². The minimum atomic E-state index is -0.446. The van der Waals surface area contributed by atoms with Crippen molar-refractivity contribution in [1.29, 1.82) is 0 Å². The summed E-state index contributed by atoms with van der Waals surface area (Å²) in [6.07, 6.45) is 2.04. The SMILES string of the molecule is CC(CC(=O)N(C)C1CCNCC1)C(=O)c1cccc(F)c1. The van der Waals surface area contributed by atoms with Gasteiger partial charge >= 0.3 is 0 Å².